The largest absolute Gasteiger partial charge is 0.490 e. The third-order valence-corrected chi connectivity index (χ3v) is 6.12. The van der Waals surface area contributed by atoms with E-state index in [9.17, 15) is 0 Å². The van der Waals surface area contributed by atoms with Gasteiger partial charge in [-0.25, -0.2) is 0 Å². The molecule has 3 aromatic rings. The van der Waals surface area contributed by atoms with E-state index in [-0.39, 0.29) is 6.61 Å². The molecule has 1 aliphatic rings. The van der Waals surface area contributed by atoms with Gasteiger partial charge in [-0.05, 0) is 61.2 Å². The molecule has 4 rings (SSSR count). The van der Waals surface area contributed by atoms with Crippen molar-refractivity contribution < 1.29 is 14.2 Å². The highest BCUT2D eigenvalue weighted by atomic mass is 16.5. The number of hydrogen-bond donors (Lipinski definition) is 0. The highest BCUT2D eigenvalue weighted by Crippen LogP contribution is 2.34. The predicted molar refractivity (Wildman–Crippen MR) is 147 cm³/mol. The van der Waals surface area contributed by atoms with Gasteiger partial charge in [0.05, 0.1) is 18.9 Å². The number of aliphatic imine (C=N–C) groups is 1. The van der Waals surface area contributed by atoms with Gasteiger partial charge in [-0.3, -0.25) is 4.99 Å². The Hall–Kier alpha value is -3.91. The van der Waals surface area contributed by atoms with E-state index in [1.54, 1.807) is 0 Å². The van der Waals surface area contributed by atoms with E-state index < -0.39 is 0 Å². The van der Waals surface area contributed by atoms with Crippen molar-refractivity contribution in [2.24, 2.45) is 4.99 Å². The summed E-state index contributed by atoms with van der Waals surface area (Å²) >= 11 is 0. The normalized spacial score (nSPS) is 12.6. The van der Waals surface area contributed by atoms with Gasteiger partial charge in [0.1, 0.15) is 19.0 Å². The van der Waals surface area contributed by atoms with Gasteiger partial charge in [-0.2, -0.15) is 0 Å². The van der Waals surface area contributed by atoms with Crippen molar-refractivity contribution in [2.75, 3.05) is 31.4 Å². The average Bonchev–Trinajstić information content (AvgIpc) is 2.89. The number of nitrogens with zero attached hydrogens (tertiary/aromatic N) is 2. The lowest BCUT2D eigenvalue weighted by Crippen LogP contribution is -2.30. The molecule has 0 spiro atoms. The van der Waals surface area contributed by atoms with Crippen LogP contribution in [0.4, 0.5) is 5.69 Å². The predicted octanol–water partition coefficient (Wildman–Crippen LogP) is 6.43. The molecule has 0 N–H and O–H groups in total. The van der Waals surface area contributed by atoms with Gasteiger partial charge in [0.15, 0.2) is 11.5 Å². The summed E-state index contributed by atoms with van der Waals surface area (Å²) in [7, 11) is 0. The molecule has 5 heteroatoms. The van der Waals surface area contributed by atoms with Crippen LogP contribution < -0.4 is 19.1 Å². The molecule has 0 bridgehead atoms. The van der Waals surface area contributed by atoms with E-state index in [4.69, 9.17) is 25.6 Å². The van der Waals surface area contributed by atoms with E-state index in [1.807, 2.05) is 32.0 Å². The van der Waals surface area contributed by atoms with Crippen molar-refractivity contribution in [3.63, 3.8) is 0 Å². The second kappa shape index (κ2) is 11.7. The number of benzene rings is 3. The summed E-state index contributed by atoms with van der Waals surface area (Å²) in [6.07, 6.45) is 5.42. The van der Waals surface area contributed by atoms with Crippen molar-refractivity contribution in [3.05, 3.63) is 82.9 Å². The molecule has 186 valence electrons. The zero-order valence-electron chi connectivity index (χ0n) is 21.6. The fraction of sp³-hybridized carbons (Fsp3) is 0.323. The maximum absolute atomic E-state index is 5.84. The maximum Gasteiger partial charge on any atom is 0.161 e. The van der Waals surface area contributed by atoms with Gasteiger partial charge in [0.25, 0.3) is 0 Å². The van der Waals surface area contributed by atoms with Crippen LogP contribution in [-0.2, 0) is 6.54 Å². The summed E-state index contributed by atoms with van der Waals surface area (Å²) in [5.74, 6) is 5.29. The minimum absolute atomic E-state index is 0.227. The molecule has 0 unspecified atom stereocenters. The Labute approximate surface area is 214 Å². The van der Waals surface area contributed by atoms with Crippen LogP contribution in [0.1, 0.15) is 55.9 Å². The van der Waals surface area contributed by atoms with Gasteiger partial charge in [-0.1, -0.05) is 50.1 Å². The van der Waals surface area contributed by atoms with E-state index in [2.05, 4.69) is 67.1 Å². The molecule has 36 heavy (non-hydrogen) atoms. The Balaban J connectivity index is 1.68. The van der Waals surface area contributed by atoms with Crippen LogP contribution in [0.25, 0.3) is 0 Å². The van der Waals surface area contributed by atoms with E-state index in [1.165, 1.54) is 5.56 Å². The van der Waals surface area contributed by atoms with Gasteiger partial charge in [-0.15, -0.1) is 6.42 Å². The lowest BCUT2D eigenvalue weighted by Gasteiger charge is -2.31. The Morgan fingerprint density at radius 3 is 2.36 bits per heavy atom. The molecular formula is C31H34N2O3. The fourth-order valence-corrected chi connectivity index (χ4v) is 4.33. The fourth-order valence-electron chi connectivity index (χ4n) is 4.33. The second-order valence-electron chi connectivity index (χ2n) is 8.94. The number of hydrogen-bond acceptors (Lipinski definition) is 5. The van der Waals surface area contributed by atoms with Crippen molar-refractivity contribution in [1.82, 2.24) is 0 Å². The number of fused-ring (bicyclic) bond motifs is 1. The van der Waals surface area contributed by atoms with Crippen LogP contribution in [0, 0.1) is 12.3 Å². The molecule has 0 saturated carbocycles. The summed E-state index contributed by atoms with van der Waals surface area (Å²) in [4.78, 5) is 7.27. The Kier molecular flexibility index (Phi) is 8.17. The molecule has 1 heterocycles. The van der Waals surface area contributed by atoms with E-state index >= 15 is 0 Å². The zero-order chi connectivity index (χ0) is 25.5. The van der Waals surface area contributed by atoms with Crippen molar-refractivity contribution >= 4 is 11.4 Å². The number of terminal acetylenes is 1. The molecular weight excluding hydrogens is 448 g/mol. The number of anilines is 1. The molecule has 0 aromatic heterocycles. The van der Waals surface area contributed by atoms with Crippen LogP contribution in [0.3, 0.4) is 0 Å². The SMILES string of the molecule is C#CCOc1ccc2c(c1)C(c1ccc(C(C)C)cc1)=NCN2Cc1ccc(OCC)c(OCC)c1. The standard InChI is InChI=1S/C31H34N2O3/c1-6-17-36-26-14-15-28-27(19-26)31(25-12-10-24(11-13-25)22(4)5)32-21-33(28)20-23-9-16-29(34-7-2)30(18-23)35-8-3/h1,9-16,18-19,22H,7-8,17,20-21H2,2-5H3. The topological polar surface area (TPSA) is 43.3 Å². The summed E-state index contributed by atoms with van der Waals surface area (Å²) in [6, 6.07) is 20.9. The second-order valence-corrected chi connectivity index (χ2v) is 8.94. The molecule has 5 nitrogen and oxygen atoms in total. The van der Waals surface area contributed by atoms with Gasteiger partial charge < -0.3 is 19.1 Å². The lowest BCUT2D eigenvalue weighted by molar-refractivity contribution is 0.287. The van der Waals surface area contributed by atoms with Crippen LogP contribution in [0.5, 0.6) is 17.2 Å². The molecule has 0 aliphatic carbocycles. The Morgan fingerprint density at radius 1 is 0.917 bits per heavy atom. The summed E-state index contributed by atoms with van der Waals surface area (Å²) < 4.78 is 17.3. The van der Waals surface area contributed by atoms with Gasteiger partial charge >= 0.3 is 0 Å². The van der Waals surface area contributed by atoms with Crippen molar-refractivity contribution in [1.29, 1.82) is 0 Å². The average molecular weight is 483 g/mol. The first-order valence-electron chi connectivity index (χ1n) is 12.5. The Bertz CT molecular complexity index is 1260. The molecule has 0 amide bonds. The third kappa shape index (κ3) is 5.66. The molecule has 0 radical (unpaired) electrons. The van der Waals surface area contributed by atoms with Crippen LogP contribution in [0.15, 0.2) is 65.7 Å². The smallest absolute Gasteiger partial charge is 0.161 e. The van der Waals surface area contributed by atoms with Crippen molar-refractivity contribution in [3.8, 4) is 29.6 Å². The highest BCUT2D eigenvalue weighted by Gasteiger charge is 2.23. The minimum Gasteiger partial charge on any atom is -0.490 e. The number of rotatable bonds is 10. The summed E-state index contributed by atoms with van der Waals surface area (Å²) in [6.45, 7) is 11.0. The minimum atomic E-state index is 0.227. The molecule has 3 aromatic carbocycles. The summed E-state index contributed by atoms with van der Waals surface area (Å²) in [5.41, 5.74) is 6.62. The zero-order valence-corrected chi connectivity index (χ0v) is 21.6. The van der Waals surface area contributed by atoms with E-state index in [0.29, 0.717) is 32.3 Å². The first-order valence-corrected chi connectivity index (χ1v) is 12.5. The monoisotopic (exact) mass is 482 g/mol. The highest BCUT2D eigenvalue weighted by molar-refractivity contribution is 6.17. The number of ether oxygens (including phenoxy) is 3. The lowest BCUT2D eigenvalue weighted by atomic mass is 9.95. The quantitative estimate of drug-likeness (QED) is 0.312. The first kappa shape index (κ1) is 25.2. The van der Waals surface area contributed by atoms with Crippen LogP contribution in [0.2, 0.25) is 0 Å². The van der Waals surface area contributed by atoms with Crippen LogP contribution in [-0.4, -0.2) is 32.2 Å². The van der Waals surface area contributed by atoms with Gasteiger partial charge in [0, 0.05) is 23.4 Å². The van der Waals surface area contributed by atoms with Crippen molar-refractivity contribution in [2.45, 2.75) is 40.2 Å². The van der Waals surface area contributed by atoms with Gasteiger partial charge in [0.2, 0.25) is 0 Å². The Morgan fingerprint density at radius 2 is 1.67 bits per heavy atom. The van der Waals surface area contributed by atoms with E-state index in [0.717, 1.165) is 45.3 Å². The molecule has 0 saturated heterocycles. The maximum atomic E-state index is 5.84. The molecule has 1 aliphatic heterocycles. The summed E-state index contributed by atoms with van der Waals surface area (Å²) in [5, 5.41) is 0. The molecule has 0 atom stereocenters. The molecule has 0 fully saturated rings. The third-order valence-electron chi connectivity index (χ3n) is 6.12. The van der Waals surface area contributed by atoms with Crippen LogP contribution >= 0.6 is 0 Å². The first-order chi connectivity index (χ1) is 17.5.